The number of hydrogen-bond donors (Lipinski definition) is 1. The molecular formula is C12H15N3OS2. The van der Waals surface area contributed by atoms with Crippen LogP contribution in [0.25, 0.3) is 0 Å². The van der Waals surface area contributed by atoms with Gasteiger partial charge in [0.2, 0.25) is 0 Å². The molecule has 3 aliphatic heterocycles. The number of rotatable bonds is 1. The Hall–Kier alpha value is -0.400. The van der Waals surface area contributed by atoms with Crippen LogP contribution in [0.15, 0.2) is 0 Å². The zero-order chi connectivity index (χ0) is 12.7. The molecule has 7 unspecified atom stereocenters. The second-order valence-electron chi connectivity index (χ2n) is 5.02. The van der Waals surface area contributed by atoms with Crippen molar-refractivity contribution in [2.75, 3.05) is 6.61 Å². The fourth-order valence-corrected chi connectivity index (χ4v) is 6.95. The third-order valence-corrected chi connectivity index (χ3v) is 7.37. The van der Waals surface area contributed by atoms with Gasteiger partial charge in [-0.3, -0.25) is 0 Å². The SMILES string of the molecule is N#CC1SC2SC(C#N)C(C3CCCO3)C2C1N. The molecule has 18 heavy (non-hydrogen) atoms. The molecule has 4 nitrogen and oxygen atoms in total. The van der Waals surface area contributed by atoms with E-state index in [0.29, 0.717) is 4.58 Å². The smallest absolute Gasteiger partial charge is 0.108 e. The molecule has 2 N–H and O–H groups in total. The van der Waals surface area contributed by atoms with E-state index >= 15 is 0 Å². The summed E-state index contributed by atoms with van der Waals surface area (Å²) in [5.41, 5.74) is 6.23. The van der Waals surface area contributed by atoms with Gasteiger partial charge in [-0.05, 0) is 12.8 Å². The summed E-state index contributed by atoms with van der Waals surface area (Å²) in [6.07, 6.45) is 2.27. The van der Waals surface area contributed by atoms with Crippen LogP contribution in [0.4, 0.5) is 0 Å². The number of ether oxygens (including phenoxy) is 1. The van der Waals surface area contributed by atoms with Gasteiger partial charge in [-0.2, -0.15) is 10.5 Å². The molecule has 7 atom stereocenters. The Morgan fingerprint density at radius 3 is 2.44 bits per heavy atom. The van der Waals surface area contributed by atoms with E-state index in [-0.39, 0.29) is 34.5 Å². The van der Waals surface area contributed by atoms with Gasteiger partial charge in [-0.1, -0.05) is 0 Å². The first kappa shape index (κ1) is 12.6. The van der Waals surface area contributed by atoms with Crippen molar-refractivity contribution in [1.82, 2.24) is 0 Å². The van der Waals surface area contributed by atoms with Gasteiger partial charge < -0.3 is 10.5 Å². The van der Waals surface area contributed by atoms with Gasteiger partial charge in [0.15, 0.2) is 0 Å². The van der Waals surface area contributed by atoms with Gasteiger partial charge in [0.25, 0.3) is 0 Å². The second kappa shape index (κ2) is 4.94. The molecular weight excluding hydrogens is 266 g/mol. The standard InChI is InChI=1S/C12H15N3OS2/c13-4-7-9(6-2-1-3-16-6)10-11(15)8(5-14)18-12(10)17-7/h6-12H,1-3,15H2. The summed E-state index contributed by atoms with van der Waals surface area (Å²) in [7, 11) is 0. The van der Waals surface area contributed by atoms with E-state index in [2.05, 4.69) is 12.1 Å². The lowest BCUT2D eigenvalue weighted by molar-refractivity contribution is 0.0453. The summed E-state index contributed by atoms with van der Waals surface area (Å²) in [6.45, 7) is 0.797. The van der Waals surface area contributed by atoms with Crippen molar-refractivity contribution in [2.24, 2.45) is 17.6 Å². The van der Waals surface area contributed by atoms with Crippen molar-refractivity contribution >= 4 is 23.5 Å². The van der Waals surface area contributed by atoms with Crippen molar-refractivity contribution in [1.29, 1.82) is 10.5 Å². The Bertz CT molecular complexity index is 413. The van der Waals surface area contributed by atoms with E-state index in [4.69, 9.17) is 15.7 Å². The van der Waals surface area contributed by atoms with E-state index in [9.17, 15) is 5.26 Å². The predicted octanol–water partition coefficient (Wildman–Crippen LogP) is 1.33. The summed E-state index contributed by atoms with van der Waals surface area (Å²) in [6, 6.07) is 4.57. The van der Waals surface area contributed by atoms with Gasteiger partial charge in [-0.15, -0.1) is 23.5 Å². The number of fused-ring (bicyclic) bond motifs is 1. The summed E-state index contributed by atoms with van der Waals surface area (Å²) >= 11 is 3.33. The van der Waals surface area contributed by atoms with Crippen molar-refractivity contribution in [2.45, 2.75) is 40.1 Å². The third-order valence-electron chi connectivity index (χ3n) is 4.11. The number of hydrogen-bond acceptors (Lipinski definition) is 6. The van der Waals surface area contributed by atoms with Gasteiger partial charge >= 0.3 is 0 Å². The number of nitriles is 2. The monoisotopic (exact) mass is 281 g/mol. The minimum absolute atomic E-state index is 0.0266. The molecule has 0 aliphatic carbocycles. The lowest BCUT2D eigenvalue weighted by Crippen LogP contribution is -2.43. The van der Waals surface area contributed by atoms with Crippen molar-refractivity contribution in [3.63, 3.8) is 0 Å². The lowest BCUT2D eigenvalue weighted by atomic mass is 9.80. The van der Waals surface area contributed by atoms with Crippen LogP contribution in [0, 0.1) is 34.5 Å². The highest BCUT2D eigenvalue weighted by Crippen LogP contribution is 2.57. The van der Waals surface area contributed by atoms with E-state index in [1.807, 2.05) is 0 Å². The van der Waals surface area contributed by atoms with Crippen LogP contribution in [0.5, 0.6) is 0 Å². The molecule has 0 aromatic carbocycles. The molecule has 0 saturated carbocycles. The van der Waals surface area contributed by atoms with E-state index in [1.165, 1.54) is 0 Å². The topological polar surface area (TPSA) is 82.8 Å². The average Bonchev–Trinajstić information content (AvgIpc) is 3.05. The van der Waals surface area contributed by atoms with Crippen molar-refractivity contribution in [3.8, 4) is 12.1 Å². The molecule has 6 heteroatoms. The molecule has 3 rings (SSSR count). The van der Waals surface area contributed by atoms with Crippen LogP contribution in [0.2, 0.25) is 0 Å². The fourth-order valence-electron chi connectivity index (χ4n) is 3.29. The number of nitrogens with two attached hydrogens (primary N) is 1. The minimum Gasteiger partial charge on any atom is -0.378 e. The highest BCUT2D eigenvalue weighted by molar-refractivity contribution is 8.18. The Labute approximate surface area is 115 Å². The maximum atomic E-state index is 9.32. The van der Waals surface area contributed by atoms with Crippen LogP contribution in [0.1, 0.15) is 12.8 Å². The van der Waals surface area contributed by atoms with Crippen LogP contribution in [-0.2, 0) is 4.74 Å². The summed E-state index contributed by atoms with van der Waals surface area (Å²) in [4.78, 5) is 0. The van der Waals surface area contributed by atoms with E-state index < -0.39 is 0 Å². The number of nitrogens with zero attached hydrogens (tertiary/aromatic N) is 2. The minimum atomic E-state index is -0.129. The van der Waals surface area contributed by atoms with Gasteiger partial charge in [0, 0.05) is 24.5 Å². The van der Waals surface area contributed by atoms with Crippen LogP contribution < -0.4 is 5.73 Å². The van der Waals surface area contributed by atoms with E-state index in [0.717, 1.165) is 19.4 Å². The summed E-state index contributed by atoms with van der Waals surface area (Å²) in [5, 5.41) is 18.3. The normalized spacial score (nSPS) is 50.7. The summed E-state index contributed by atoms with van der Waals surface area (Å²) in [5.74, 6) is 0.450. The largest absolute Gasteiger partial charge is 0.378 e. The van der Waals surface area contributed by atoms with E-state index in [1.54, 1.807) is 23.5 Å². The van der Waals surface area contributed by atoms with Crippen LogP contribution >= 0.6 is 23.5 Å². The van der Waals surface area contributed by atoms with Crippen molar-refractivity contribution < 1.29 is 4.74 Å². The average molecular weight is 281 g/mol. The zero-order valence-electron chi connectivity index (χ0n) is 9.86. The molecule has 3 heterocycles. The molecule has 0 amide bonds. The Morgan fingerprint density at radius 2 is 1.83 bits per heavy atom. The first-order chi connectivity index (χ1) is 8.76. The highest BCUT2D eigenvalue weighted by Gasteiger charge is 2.57. The lowest BCUT2D eigenvalue weighted by Gasteiger charge is -2.28. The predicted molar refractivity (Wildman–Crippen MR) is 71.7 cm³/mol. The molecule has 3 aliphatic rings. The summed E-state index contributed by atoms with van der Waals surface area (Å²) < 4.78 is 6.08. The van der Waals surface area contributed by atoms with Gasteiger partial charge in [-0.25, -0.2) is 0 Å². The quantitative estimate of drug-likeness (QED) is 0.780. The second-order valence-corrected chi connectivity index (χ2v) is 7.90. The molecule has 3 saturated heterocycles. The zero-order valence-corrected chi connectivity index (χ0v) is 11.5. The Kier molecular flexibility index (Phi) is 3.46. The van der Waals surface area contributed by atoms with Crippen molar-refractivity contribution in [3.05, 3.63) is 0 Å². The maximum Gasteiger partial charge on any atom is 0.108 e. The molecule has 0 bridgehead atoms. The highest BCUT2D eigenvalue weighted by atomic mass is 32.2. The molecule has 0 aromatic heterocycles. The maximum absolute atomic E-state index is 9.32. The van der Waals surface area contributed by atoms with Gasteiger partial charge in [0.1, 0.15) is 5.25 Å². The van der Waals surface area contributed by atoms with Gasteiger partial charge in [0.05, 0.1) is 28.1 Å². The first-order valence-corrected chi connectivity index (χ1v) is 8.12. The molecule has 0 aromatic rings. The molecule has 96 valence electrons. The third kappa shape index (κ3) is 1.83. The van der Waals surface area contributed by atoms with Crippen LogP contribution in [-0.4, -0.2) is 33.8 Å². The molecule has 3 fully saturated rings. The number of thioether (sulfide) groups is 2. The Balaban J connectivity index is 1.85. The molecule has 0 radical (unpaired) electrons. The fraction of sp³-hybridized carbons (Fsp3) is 0.833. The Morgan fingerprint density at radius 1 is 1.11 bits per heavy atom. The van der Waals surface area contributed by atoms with Crippen LogP contribution in [0.3, 0.4) is 0 Å². The first-order valence-electron chi connectivity index (χ1n) is 6.23. The molecule has 0 spiro atoms.